The van der Waals surface area contributed by atoms with Crippen molar-refractivity contribution in [2.75, 3.05) is 5.32 Å². The van der Waals surface area contributed by atoms with Gasteiger partial charge in [0.1, 0.15) is 5.82 Å². The van der Waals surface area contributed by atoms with Crippen molar-refractivity contribution in [3.8, 4) is 0 Å². The van der Waals surface area contributed by atoms with Gasteiger partial charge in [-0.3, -0.25) is 0 Å². The van der Waals surface area contributed by atoms with Crippen LogP contribution in [0.3, 0.4) is 0 Å². The van der Waals surface area contributed by atoms with Crippen LogP contribution in [0.4, 0.5) is 15.8 Å². The van der Waals surface area contributed by atoms with Gasteiger partial charge in [0.2, 0.25) is 0 Å². The number of carboxylic acids is 1. The lowest BCUT2D eigenvalue weighted by Crippen LogP contribution is -2.03. The highest BCUT2D eigenvalue weighted by molar-refractivity contribution is 14.1. The van der Waals surface area contributed by atoms with Gasteiger partial charge in [0.15, 0.2) is 0 Å². The Morgan fingerprint density at radius 3 is 2.56 bits per heavy atom. The highest BCUT2D eigenvalue weighted by Crippen LogP contribution is 2.25. The van der Waals surface area contributed by atoms with Gasteiger partial charge in [-0.25, -0.2) is 9.18 Å². The molecule has 2 aromatic carbocycles. The maximum absolute atomic E-state index is 13.0. The van der Waals surface area contributed by atoms with Crippen molar-refractivity contribution in [1.82, 2.24) is 0 Å². The summed E-state index contributed by atoms with van der Waals surface area (Å²) < 4.78 is 13.7. The van der Waals surface area contributed by atoms with Gasteiger partial charge in [-0.2, -0.15) is 0 Å². The minimum atomic E-state index is -1.00. The van der Waals surface area contributed by atoms with Gasteiger partial charge in [-0.1, -0.05) is 12.1 Å². The molecule has 5 heteroatoms. The number of carbonyl (C=O) groups is 1. The average molecular weight is 357 g/mol. The minimum Gasteiger partial charge on any atom is -0.478 e. The first-order chi connectivity index (χ1) is 8.58. The lowest BCUT2D eigenvalue weighted by Gasteiger charge is -2.11. The molecule has 0 saturated heterocycles. The molecule has 0 aliphatic rings. The van der Waals surface area contributed by atoms with Gasteiger partial charge in [-0.15, -0.1) is 0 Å². The van der Waals surface area contributed by atoms with Crippen molar-refractivity contribution in [1.29, 1.82) is 0 Å². The Morgan fingerprint density at radius 2 is 1.89 bits per heavy atom. The number of hydrogen-bond acceptors (Lipinski definition) is 2. The molecule has 0 atom stereocenters. The molecule has 2 rings (SSSR count). The molecule has 0 unspecified atom stereocenters. The third-order valence-electron chi connectivity index (χ3n) is 2.36. The first-order valence-corrected chi connectivity index (χ1v) is 6.20. The molecule has 0 radical (unpaired) electrons. The number of carboxylic acid groups (broad SMARTS) is 1. The van der Waals surface area contributed by atoms with Crippen LogP contribution in [-0.2, 0) is 0 Å². The second kappa shape index (κ2) is 5.34. The van der Waals surface area contributed by atoms with Crippen molar-refractivity contribution in [3.05, 3.63) is 57.4 Å². The summed E-state index contributed by atoms with van der Waals surface area (Å²) in [5.41, 5.74) is 1.33. The fourth-order valence-corrected chi connectivity index (χ4v) is 2.13. The van der Waals surface area contributed by atoms with E-state index in [-0.39, 0.29) is 11.4 Å². The van der Waals surface area contributed by atoms with Gasteiger partial charge in [0.25, 0.3) is 0 Å². The van der Waals surface area contributed by atoms with E-state index in [1.165, 1.54) is 18.2 Å². The van der Waals surface area contributed by atoms with Crippen molar-refractivity contribution >= 4 is 39.9 Å². The smallest absolute Gasteiger partial charge is 0.337 e. The maximum atomic E-state index is 13.0. The van der Waals surface area contributed by atoms with E-state index in [4.69, 9.17) is 5.11 Å². The molecule has 0 heterocycles. The zero-order valence-corrected chi connectivity index (χ0v) is 11.3. The Bertz CT molecular complexity index is 601. The molecule has 0 spiro atoms. The van der Waals surface area contributed by atoms with E-state index in [0.717, 1.165) is 0 Å². The molecule has 2 aromatic rings. The number of para-hydroxylation sites is 1. The summed E-state index contributed by atoms with van der Waals surface area (Å²) in [6.45, 7) is 0. The van der Waals surface area contributed by atoms with Crippen molar-refractivity contribution < 1.29 is 14.3 Å². The SMILES string of the molecule is O=C(O)c1ccccc1Nc1ccc(F)cc1I. The Labute approximate surface area is 117 Å². The molecular weight excluding hydrogens is 348 g/mol. The first kappa shape index (κ1) is 12.8. The summed E-state index contributed by atoms with van der Waals surface area (Å²) in [6, 6.07) is 10.9. The van der Waals surface area contributed by atoms with Crippen LogP contribution in [0, 0.1) is 9.39 Å². The van der Waals surface area contributed by atoms with Gasteiger partial charge < -0.3 is 10.4 Å². The topological polar surface area (TPSA) is 49.3 Å². The standard InChI is InChI=1S/C13H9FINO2/c14-8-5-6-12(10(15)7-8)16-11-4-2-1-3-9(11)13(17)18/h1-7,16H,(H,17,18). The molecule has 0 fully saturated rings. The lowest BCUT2D eigenvalue weighted by molar-refractivity contribution is 0.0698. The number of anilines is 2. The largest absolute Gasteiger partial charge is 0.478 e. The normalized spacial score (nSPS) is 10.1. The number of nitrogens with one attached hydrogen (secondary N) is 1. The van der Waals surface area contributed by atoms with Gasteiger partial charge in [0.05, 0.1) is 16.9 Å². The Hall–Kier alpha value is -1.63. The second-order valence-electron chi connectivity index (χ2n) is 3.60. The molecule has 0 bridgehead atoms. The summed E-state index contributed by atoms with van der Waals surface area (Å²) >= 11 is 1.99. The van der Waals surface area contributed by atoms with E-state index >= 15 is 0 Å². The summed E-state index contributed by atoms with van der Waals surface area (Å²) in [4.78, 5) is 11.0. The van der Waals surface area contributed by atoms with E-state index in [9.17, 15) is 9.18 Å². The molecule has 0 amide bonds. The lowest BCUT2D eigenvalue weighted by atomic mass is 10.1. The Kier molecular flexibility index (Phi) is 3.81. The van der Waals surface area contributed by atoms with E-state index < -0.39 is 5.97 Å². The van der Waals surface area contributed by atoms with Crippen LogP contribution in [0.2, 0.25) is 0 Å². The zero-order valence-electron chi connectivity index (χ0n) is 9.15. The molecule has 2 N–H and O–H groups in total. The van der Waals surface area contributed by atoms with E-state index in [2.05, 4.69) is 5.32 Å². The van der Waals surface area contributed by atoms with Crippen LogP contribution in [0.5, 0.6) is 0 Å². The number of rotatable bonds is 3. The molecule has 3 nitrogen and oxygen atoms in total. The molecule has 0 aromatic heterocycles. The highest BCUT2D eigenvalue weighted by Gasteiger charge is 2.10. The first-order valence-electron chi connectivity index (χ1n) is 5.12. The zero-order chi connectivity index (χ0) is 13.1. The fourth-order valence-electron chi connectivity index (χ4n) is 1.51. The summed E-state index contributed by atoms with van der Waals surface area (Å²) in [6.07, 6.45) is 0. The highest BCUT2D eigenvalue weighted by atomic mass is 127. The van der Waals surface area contributed by atoms with Crippen LogP contribution in [-0.4, -0.2) is 11.1 Å². The van der Waals surface area contributed by atoms with E-state index in [1.807, 2.05) is 22.6 Å². The van der Waals surface area contributed by atoms with Gasteiger partial charge in [-0.05, 0) is 52.9 Å². The molecule has 0 saturated carbocycles. The summed E-state index contributed by atoms with van der Waals surface area (Å²) in [5, 5.41) is 12.0. The van der Waals surface area contributed by atoms with Crippen LogP contribution in [0.15, 0.2) is 42.5 Å². The number of halogens is 2. The molecule has 0 aliphatic heterocycles. The molecule has 18 heavy (non-hydrogen) atoms. The minimum absolute atomic E-state index is 0.178. The predicted octanol–water partition coefficient (Wildman–Crippen LogP) is 3.87. The third kappa shape index (κ3) is 2.79. The van der Waals surface area contributed by atoms with Crippen molar-refractivity contribution in [2.24, 2.45) is 0 Å². The second-order valence-corrected chi connectivity index (χ2v) is 4.76. The van der Waals surface area contributed by atoms with Crippen molar-refractivity contribution in [3.63, 3.8) is 0 Å². The summed E-state index contributed by atoms with van der Waals surface area (Å²) in [5.74, 6) is -1.33. The van der Waals surface area contributed by atoms with Gasteiger partial charge >= 0.3 is 5.97 Å². The molecule has 92 valence electrons. The van der Waals surface area contributed by atoms with Crippen LogP contribution < -0.4 is 5.32 Å². The third-order valence-corrected chi connectivity index (χ3v) is 3.25. The average Bonchev–Trinajstić information content (AvgIpc) is 2.33. The van der Waals surface area contributed by atoms with E-state index in [1.54, 1.807) is 24.3 Å². The molecular formula is C13H9FINO2. The van der Waals surface area contributed by atoms with Gasteiger partial charge in [0, 0.05) is 3.57 Å². The number of aromatic carboxylic acids is 1. The maximum Gasteiger partial charge on any atom is 0.337 e. The quantitative estimate of drug-likeness (QED) is 0.820. The monoisotopic (exact) mass is 357 g/mol. The molecule has 0 aliphatic carbocycles. The number of hydrogen-bond donors (Lipinski definition) is 2. The Morgan fingerprint density at radius 1 is 1.17 bits per heavy atom. The van der Waals surface area contributed by atoms with E-state index in [0.29, 0.717) is 14.9 Å². The van der Waals surface area contributed by atoms with Crippen LogP contribution in [0.1, 0.15) is 10.4 Å². The van der Waals surface area contributed by atoms with Crippen molar-refractivity contribution in [2.45, 2.75) is 0 Å². The predicted molar refractivity (Wildman–Crippen MR) is 75.8 cm³/mol. The van der Waals surface area contributed by atoms with Crippen LogP contribution in [0.25, 0.3) is 0 Å². The number of benzene rings is 2. The Balaban J connectivity index is 2.37. The summed E-state index contributed by atoms with van der Waals surface area (Å²) in [7, 11) is 0. The van der Waals surface area contributed by atoms with Crippen LogP contribution >= 0.6 is 22.6 Å². The fraction of sp³-hybridized carbons (Fsp3) is 0.